The highest BCUT2D eigenvalue weighted by Gasteiger charge is 2.18. The molecule has 0 saturated heterocycles. The number of carbonyl (C=O) groups is 2. The van der Waals surface area contributed by atoms with E-state index in [1.54, 1.807) is 13.1 Å². The highest BCUT2D eigenvalue weighted by Crippen LogP contribution is 2.24. The van der Waals surface area contributed by atoms with E-state index in [1.807, 2.05) is 39.8 Å². The van der Waals surface area contributed by atoms with E-state index in [4.69, 9.17) is 0 Å². The van der Waals surface area contributed by atoms with Crippen molar-refractivity contribution in [1.82, 2.24) is 9.88 Å². The number of likely N-dealkylation sites (N-methyl/N-ethyl adjacent to an activating group) is 1. The van der Waals surface area contributed by atoms with Gasteiger partial charge < -0.3 is 15.2 Å². The molecule has 0 aliphatic carbocycles. The maximum absolute atomic E-state index is 13.6. The van der Waals surface area contributed by atoms with Crippen molar-refractivity contribution in [3.8, 4) is 0 Å². The molecule has 0 bridgehead atoms. The van der Waals surface area contributed by atoms with Crippen molar-refractivity contribution < 1.29 is 14.0 Å². The number of H-pyrrole nitrogens is 1. The molecular weight excluding hydrogens is 369 g/mol. The Bertz CT molecular complexity index is 1080. The van der Waals surface area contributed by atoms with Crippen molar-refractivity contribution in [3.05, 3.63) is 64.1 Å². The minimum Gasteiger partial charge on any atom is -0.358 e. The fourth-order valence-electron chi connectivity index (χ4n) is 3.73. The van der Waals surface area contributed by atoms with Crippen molar-refractivity contribution in [2.75, 3.05) is 18.9 Å². The molecule has 0 unspecified atom stereocenters. The number of hydrogen-bond donors (Lipinski definition) is 2. The van der Waals surface area contributed by atoms with Gasteiger partial charge in [-0.2, -0.15) is 0 Å². The lowest BCUT2D eigenvalue weighted by Crippen LogP contribution is -2.36. The second kappa shape index (κ2) is 8.07. The smallest absolute Gasteiger partial charge is 0.243 e. The summed E-state index contributed by atoms with van der Waals surface area (Å²) in [5.41, 5.74) is 6.25. The number of benzene rings is 2. The van der Waals surface area contributed by atoms with E-state index < -0.39 is 0 Å². The minimum absolute atomic E-state index is 0.0542. The molecular formula is C23H26FN3O2. The SMILES string of the molecule is Cc1cc(C)c(NC(=O)CN(C)C(=O)Cc2c(C)[nH]c3ccc(F)cc23)c(C)c1. The molecule has 3 rings (SSSR count). The van der Waals surface area contributed by atoms with Gasteiger partial charge in [-0.05, 0) is 62.6 Å². The summed E-state index contributed by atoms with van der Waals surface area (Å²) in [5, 5.41) is 3.60. The molecule has 6 heteroatoms. The number of amides is 2. The maximum atomic E-state index is 13.6. The zero-order chi connectivity index (χ0) is 21.3. The molecule has 29 heavy (non-hydrogen) atoms. The van der Waals surface area contributed by atoms with Gasteiger partial charge in [0.05, 0.1) is 13.0 Å². The van der Waals surface area contributed by atoms with Crippen LogP contribution in [0.1, 0.15) is 27.9 Å². The van der Waals surface area contributed by atoms with Crippen LogP contribution < -0.4 is 5.32 Å². The van der Waals surface area contributed by atoms with Crippen LogP contribution in [0.4, 0.5) is 10.1 Å². The molecule has 0 radical (unpaired) electrons. The number of halogens is 1. The van der Waals surface area contributed by atoms with Crippen LogP contribution in [0.5, 0.6) is 0 Å². The number of aromatic nitrogens is 1. The van der Waals surface area contributed by atoms with Gasteiger partial charge in [-0.25, -0.2) is 4.39 Å². The quantitative estimate of drug-likeness (QED) is 0.681. The first-order chi connectivity index (χ1) is 13.7. The third-order valence-electron chi connectivity index (χ3n) is 5.16. The number of rotatable bonds is 5. The van der Waals surface area contributed by atoms with Gasteiger partial charge in [0.25, 0.3) is 0 Å². The van der Waals surface area contributed by atoms with Crippen LogP contribution in [0.25, 0.3) is 10.9 Å². The Kier molecular flexibility index (Phi) is 5.73. The second-order valence-electron chi connectivity index (χ2n) is 7.67. The normalized spacial score (nSPS) is 11.0. The van der Waals surface area contributed by atoms with Gasteiger partial charge >= 0.3 is 0 Å². The summed E-state index contributed by atoms with van der Waals surface area (Å²) in [6.45, 7) is 7.71. The van der Waals surface area contributed by atoms with Crippen molar-refractivity contribution >= 4 is 28.4 Å². The highest BCUT2D eigenvalue weighted by molar-refractivity contribution is 5.96. The number of hydrogen-bond acceptors (Lipinski definition) is 2. The highest BCUT2D eigenvalue weighted by atomic mass is 19.1. The van der Waals surface area contributed by atoms with Gasteiger partial charge in [0.1, 0.15) is 5.82 Å². The Morgan fingerprint density at radius 1 is 1.07 bits per heavy atom. The fraction of sp³-hybridized carbons (Fsp3) is 0.304. The third-order valence-corrected chi connectivity index (χ3v) is 5.16. The molecule has 2 amide bonds. The Hall–Kier alpha value is -3.15. The van der Waals surface area contributed by atoms with Crippen LogP contribution in [0.2, 0.25) is 0 Å². The van der Waals surface area contributed by atoms with Crippen LogP contribution in [0.3, 0.4) is 0 Å². The molecule has 0 fully saturated rings. The summed E-state index contributed by atoms with van der Waals surface area (Å²) in [5.74, 6) is -0.801. The van der Waals surface area contributed by atoms with E-state index in [0.29, 0.717) is 5.39 Å². The first kappa shape index (κ1) is 20.6. The number of aromatic amines is 1. The molecule has 0 aliphatic heterocycles. The van der Waals surface area contributed by atoms with Crippen molar-refractivity contribution in [1.29, 1.82) is 0 Å². The zero-order valence-corrected chi connectivity index (χ0v) is 17.4. The largest absolute Gasteiger partial charge is 0.358 e. The topological polar surface area (TPSA) is 65.2 Å². The molecule has 0 spiro atoms. The van der Waals surface area contributed by atoms with E-state index in [2.05, 4.69) is 10.3 Å². The monoisotopic (exact) mass is 395 g/mol. The average Bonchev–Trinajstić information content (AvgIpc) is 2.93. The lowest BCUT2D eigenvalue weighted by Gasteiger charge is -2.18. The maximum Gasteiger partial charge on any atom is 0.243 e. The van der Waals surface area contributed by atoms with Crippen LogP contribution >= 0.6 is 0 Å². The Balaban J connectivity index is 1.69. The molecule has 152 valence electrons. The molecule has 2 N–H and O–H groups in total. The summed E-state index contributed by atoms with van der Waals surface area (Å²) in [6, 6.07) is 8.49. The van der Waals surface area contributed by atoms with Crippen LogP contribution in [-0.4, -0.2) is 35.3 Å². The van der Waals surface area contributed by atoms with E-state index in [1.165, 1.54) is 17.0 Å². The number of aryl methyl sites for hydroxylation is 4. The predicted octanol–water partition coefficient (Wildman–Crippen LogP) is 4.18. The minimum atomic E-state index is -0.346. The number of carbonyl (C=O) groups excluding carboxylic acids is 2. The van der Waals surface area contributed by atoms with Gasteiger partial charge in [0.15, 0.2) is 0 Å². The first-order valence-electron chi connectivity index (χ1n) is 9.54. The number of nitrogens with zero attached hydrogens (tertiary/aromatic N) is 1. The van der Waals surface area contributed by atoms with Crippen LogP contribution in [-0.2, 0) is 16.0 Å². The van der Waals surface area contributed by atoms with Gasteiger partial charge in [-0.1, -0.05) is 17.7 Å². The lowest BCUT2D eigenvalue weighted by atomic mass is 10.1. The molecule has 3 aromatic rings. The predicted molar refractivity (Wildman–Crippen MR) is 114 cm³/mol. The molecule has 0 saturated carbocycles. The number of nitrogens with one attached hydrogen (secondary N) is 2. The van der Waals surface area contributed by atoms with Crippen LogP contribution in [0, 0.1) is 33.5 Å². The summed E-state index contributed by atoms with van der Waals surface area (Å²) >= 11 is 0. The molecule has 1 aromatic heterocycles. The molecule has 5 nitrogen and oxygen atoms in total. The molecule has 0 atom stereocenters. The lowest BCUT2D eigenvalue weighted by molar-refractivity contribution is -0.132. The summed E-state index contributed by atoms with van der Waals surface area (Å²) < 4.78 is 13.6. The molecule has 0 aliphatic rings. The van der Waals surface area contributed by atoms with Crippen molar-refractivity contribution in [2.24, 2.45) is 0 Å². The van der Waals surface area contributed by atoms with Crippen LogP contribution in [0.15, 0.2) is 30.3 Å². The number of fused-ring (bicyclic) bond motifs is 1. The standard InChI is InChI=1S/C23H26FN3O2/c1-13-8-14(2)23(15(3)9-13)26-21(28)12-27(5)22(29)11-18-16(4)25-20-7-6-17(24)10-19(18)20/h6-10,25H,11-12H2,1-5H3,(H,26,28). The summed E-state index contributed by atoms with van der Waals surface area (Å²) in [7, 11) is 1.60. The Morgan fingerprint density at radius 3 is 2.38 bits per heavy atom. The van der Waals surface area contributed by atoms with Gasteiger partial charge in [0.2, 0.25) is 11.8 Å². The average molecular weight is 395 g/mol. The van der Waals surface area contributed by atoms with Gasteiger partial charge in [-0.3, -0.25) is 9.59 Å². The van der Waals surface area contributed by atoms with Crippen molar-refractivity contribution in [3.63, 3.8) is 0 Å². The Labute approximate surface area is 169 Å². The number of anilines is 1. The van der Waals surface area contributed by atoms with Crippen molar-refractivity contribution in [2.45, 2.75) is 34.1 Å². The van der Waals surface area contributed by atoms with E-state index >= 15 is 0 Å². The zero-order valence-electron chi connectivity index (χ0n) is 17.4. The summed E-state index contributed by atoms with van der Waals surface area (Å²) in [4.78, 5) is 29.7. The van der Waals surface area contributed by atoms with Gasteiger partial charge in [0, 0.05) is 29.3 Å². The first-order valence-corrected chi connectivity index (χ1v) is 9.54. The molecule has 1 heterocycles. The summed E-state index contributed by atoms with van der Waals surface area (Å²) in [6.07, 6.45) is 0.0989. The molecule has 2 aromatic carbocycles. The third kappa shape index (κ3) is 4.47. The van der Waals surface area contributed by atoms with E-state index in [0.717, 1.165) is 39.2 Å². The van der Waals surface area contributed by atoms with Gasteiger partial charge in [-0.15, -0.1) is 0 Å². The van der Waals surface area contributed by atoms with E-state index in [-0.39, 0.29) is 30.6 Å². The van der Waals surface area contributed by atoms with E-state index in [9.17, 15) is 14.0 Å². The second-order valence-corrected chi connectivity index (χ2v) is 7.67. The Morgan fingerprint density at radius 2 is 1.72 bits per heavy atom. The fourth-order valence-corrected chi connectivity index (χ4v) is 3.73.